The Balaban J connectivity index is 0.00000338. The van der Waals surface area contributed by atoms with E-state index in [2.05, 4.69) is 21.7 Å². The van der Waals surface area contributed by atoms with Crippen molar-refractivity contribution >= 4 is 29.9 Å². The van der Waals surface area contributed by atoms with Crippen LogP contribution in [0.1, 0.15) is 44.6 Å². The Hall–Kier alpha value is -1.02. The van der Waals surface area contributed by atoms with Crippen molar-refractivity contribution in [2.24, 2.45) is 10.4 Å². The van der Waals surface area contributed by atoms with Gasteiger partial charge in [-0.15, -0.1) is 24.0 Å². The van der Waals surface area contributed by atoms with E-state index in [9.17, 15) is 0 Å². The molecule has 26 heavy (non-hydrogen) atoms. The second-order valence-corrected chi connectivity index (χ2v) is 6.77. The highest BCUT2D eigenvalue weighted by molar-refractivity contribution is 14.0. The molecule has 5 nitrogen and oxygen atoms in total. The summed E-state index contributed by atoms with van der Waals surface area (Å²) in [6, 6.07) is 8.13. The minimum atomic E-state index is 0. The molecular weight excluding hydrogens is 441 g/mol. The van der Waals surface area contributed by atoms with E-state index in [-0.39, 0.29) is 24.0 Å². The van der Waals surface area contributed by atoms with Gasteiger partial charge in [0.25, 0.3) is 0 Å². The van der Waals surface area contributed by atoms with Gasteiger partial charge in [-0.05, 0) is 37.7 Å². The van der Waals surface area contributed by atoms with Gasteiger partial charge in [0.1, 0.15) is 5.75 Å². The van der Waals surface area contributed by atoms with Crippen molar-refractivity contribution in [3.8, 4) is 5.75 Å². The Bertz CT molecular complexity index is 546. The van der Waals surface area contributed by atoms with Gasteiger partial charge >= 0.3 is 0 Å². The molecule has 1 aromatic rings. The summed E-state index contributed by atoms with van der Waals surface area (Å²) < 4.78 is 11.0. The molecule has 0 aromatic heterocycles. The van der Waals surface area contributed by atoms with Crippen LogP contribution < -0.4 is 15.4 Å². The molecule has 2 N–H and O–H groups in total. The molecule has 6 heteroatoms. The number of methoxy groups -OCH3 is 1. The van der Waals surface area contributed by atoms with Crippen LogP contribution in [0.5, 0.6) is 5.75 Å². The summed E-state index contributed by atoms with van der Waals surface area (Å²) in [4.78, 5) is 4.37. The Morgan fingerprint density at radius 2 is 1.92 bits per heavy atom. The minimum Gasteiger partial charge on any atom is -0.494 e. The zero-order valence-electron chi connectivity index (χ0n) is 16.3. The Morgan fingerprint density at radius 1 is 1.19 bits per heavy atom. The van der Waals surface area contributed by atoms with E-state index in [0.29, 0.717) is 18.6 Å². The fourth-order valence-electron chi connectivity index (χ4n) is 3.58. The Kier molecular flexibility index (Phi) is 11.0. The van der Waals surface area contributed by atoms with Crippen molar-refractivity contribution in [2.75, 3.05) is 33.9 Å². The van der Waals surface area contributed by atoms with Crippen LogP contribution in [0.2, 0.25) is 0 Å². The largest absolute Gasteiger partial charge is 0.494 e. The van der Waals surface area contributed by atoms with Crippen LogP contribution in [-0.2, 0) is 11.3 Å². The van der Waals surface area contributed by atoms with Crippen molar-refractivity contribution in [1.29, 1.82) is 0 Å². The summed E-state index contributed by atoms with van der Waals surface area (Å²) in [5.41, 5.74) is 1.49. The molecule has 1 fully saturated rings. The molecule has 2 rings (SSSR count). The van der Waals surface area contributed by atoms with Crippen molar-refractivity contribution in [1.82, 2.24) is 10.6 Å². The fourth-order valence-corrected chi connectivity index (χ4v) is 3.58. The highest BCUT2D eigenvalue weighted by Gasteiger charge is 2.33. The van der Waals surface area contributed by atoms with Crippen molar-refractivity contribution < 1.29 is 9.47 Å². The Labute approximate surface area is 175 Å². The van der Waals surface area contributed by atoms with Gasteiger partial charge in [0.2, 0.25) is 0 Å². The molecular formula is C20H34IN3O2. The maximum absolute atomic E-state index is 5.69. The lowest BCUT2D eigenvalue weighted by atomic mass is 9.83. The van der Waals surface area contributed by atoms with Crippen molar-refractivity contribution in [3.05, 3.63) is 29.8 Å². The third-order valence-electron chi connectivity index (χ3n) is 5.07. The van der Waals surface area contributed by atoms with E-state index in [0.717, 1.165) is 36.8 Å². The summed E-state index contributed by atoms with van der Waals surface area (Å²) in [7, 11) is 3.60. The van der Waals surface area contributed by atoms with Gasteiger partial charge in [0.15, 0.2) is 5.96 Å². The van der Waals surface area contributed by atoms with Gasteiger partial charge in [-0.2, -0.15) is 0 Å². The highest BCUT2D eigenvalue weighted by atomic mass is 127. The number of hydrogen-bond donors (Lipinski definition) is 2. The third kappa shape index (κ3) is 6.95. The zero-order chi connectivity index (χ0) is 18.0. The van der Waals surface area contributed by atoms with Crippen LogP contribution in [0.4, 0.5) is 0 Å². The summed E-state index contributed by atoms with van der Waals surface area (Å²) >= 11 is 0. The predicted molar refractivity (Wildman–Crippen MR) is 119 cm³/mol. The first kappa shape index (κ1) is 23.0. The van der Waals surface area contributed by atoms with Crippen LogP contribution in [0.3, 0.4) is 0 Å². The maximum Gasteiger partial charge on any atom is 0.191 e. The molecule has 0 spiro atoms. The molecule has 0 heterocycles. The van der Waals surface area contributed by atoms with E-state index >= 15 is 0 Å². The summed E-state index contributed by atoms with van der Waals surface area (Å²) in [5, 5.41) is 6.93. The smallest absolute Gasteiger partial charge is 0.191 e. The number of rotatable bonds is 9. The monoisotopic (exact) mass is 475 g/mol. The SMILES string of the molecule is CCOc1ccccc1CNC(=NC)NCC1(CCOC)CCCC1.I. The number of halogens is 1. The van der Waals surface area contributed by atoms with Gasteiger partial charge in [-0.1, -0.05) is 31.0 Å². The lowest BCUT2D eigenvalue weighted by Gasteiger charge is -2.30. The maximum atomic E-state index is 5.69. The van der Waals surface area contributed by atoms with Crippen LogP contribution in [-0.4, -0.2) is 39.9 Å². The number of nitrogens with one attached hydrogen (secondary N) is 2. The van der Waals surface area contributed by atoms with E-state index < -0.39 is 0 Å². The number of hydrogen-bond acceptors (Lipinski definition) is 3. The molecule has 1 saturated carbocycles. The number of para-hydroxylation sites is 1. The molecule has 0 aliphatic heterocycles. The molecule has 0 bridgehead atoms. The van der Waals surface area contributed by atoms with Gasteiger partial charge in [-0.25, -0.2) is 0 Å². The number of nitrogens with zero attached hydrogens (tertiary/aromatic N) is 1. The van der Waals surface area contributed by atoms with Gasteiger partial charge in [0.05, 0.1) is 6.61 Å². The second-order valence-electron chi connectivity index (χ2n) is 6.77. The summed E-state index contributed by atoms with van der Waals surface area (Å²) in [6.07, 6.45) is 6.29. The van der Waals surface area contributed by atoms with Crippen LogP contribution in [0, 0.1) is 5.41 Å². The first-order chi connectivity index (χ1) is 12.2. The van der Waals surface area contributed by atoms with Crippen molar-refractivity contribution in [3.63, 3.8) is 0 Å². The number of guanidine groups is 1. The molecule has 0 atom stereocenters. The standard InChI is InChI=1S/C20H33N3O2.HI/c1-4-25-18-10-6-5-9-17(18)15-22-19(21-2)23-16-20(13-14-24-3)11-7-8-12-20;/h5-6,9-10H,4,7-8,11-16H2,1-3H3,(H2,21,22,23);1H. The van der Waals surface area contributed by atoms with Gasteiger partial charge in [-0.3, -0.25) is 4.99 Å². The van der Waals surface area contributed by atoms with E-state index in [1.165, 1.54) is 25.7 Å². The van der Waals surface area contributed by atoms with Crippen LogP contribution >= 0.6 is 24.0 Å². The molecule has 0 radical (unpaired) electrons. The predicted octanol–water partition coefficient (Wildman–Crippen LogP) is 3.97. The highest BCUT2D eigenvalue weighted by Crippen LogP contribution is 2.40. The first-order valence-electron chi connectivity index (χ1n) is 9.37. The molecule has 1 aliphatic rings. The molecule has 148 valence electrons. The average Bonchev–Trinajstić information content (AvgIpc) is 3.11. The van der Waals surface area contributed by atoms with Gasteiger partial charge in [0, 0.05) is 39.4 Å². The number of benzene rings is 1. The second kappa shape index (κ2) is 12.4. The third-order valence-corrected chi connectivity index (χ3v) is 5.07. The lowest BCUT2D eigenvalue weighted by Crippen LogP contribution is -2.43. The molecule has 0 saturated heterocycles. The molecule has 1 aromatic carbocycles. The minimum absolute atomic E-state index is 0. The van der Waals surface area contributed by atoms with E-state index in [1.54, 1.807) is 7.11 Å². The average molecular weight is 475 g/mol. The van der Waals surface area contributed by atoms with E-state index in [1.807, 2.05) is 32.2 Å². The number of ether oxygens (including phenoxy) is 2. The van der Waals surface area contributed by atoms with E-state index in [4.69, 9.17) is 9.47 Å². The lowest BCUT2D eigenvalue weighted by molar-refractivity contribution is 0.138. The topological polar surface area (TPSA) is 54.9 Å². The van der Waals surface area contributed by atoms with Crippen LogP contribution in [0.25, 0.3) is 0 Å². The van der Waals surface area contributed by atoms with Gasteiger partial charge < -0.3 is 20.1 Å². The summed E-state index contributed by atoms with van der Waals surface area (Å²) in [6.45, 7) is 5.15. The molecule has 0 amide bonds. The number of aliphatic imine (C=N–C) groups is 1. The molecule has 0 unspecified atom stereocenters. The normalized spacial score (nSPS) is 16.0. The Morgan fingerprint density at radius 3 is 2.58 bits per heavy atom. The fraction of sp³-hybridized carbons (Fsp3) is 0.650. The quantitative estimate of drug-likeness (QED) is 0.323. The summed E-state index contributed by atoms with van der Waals surface area (Å²) in [5.74, 6) is 1.77. The van der Waals surface area contributed by atoms with Crippen LogP contribution in [0.15, 0.2) is 29.3 Å². The first-order valence-corrected chi connectivity index (χ1v) is 9.37. The van der Waals surface area contributed by atoms with Crippen molar-refractivity contribution in [2.45, 2.75) is 45.6 Å². The molecule has 1 aliphatic carbocycles. The zero-order valence-corrected chi connectivity index (χ0v) is 18.7.